The number of aliphatic hydroxyl groups excluding tert-OH is 1. The van der Waals surface area contributed by atoms with E-state index in [9.17, 15) is 5.11 Å². The van der Waals surface area contributed by atoms with Gasteiger partial charge in [-0.05, 0) is 37.2 Å². The normalized spacial score (nSPS) is 13.8. The van der Waals surface area contributed by atoms with Gasteiger partial charge < -0.3 is 5.11 Å². The molecule has 0 aliphatic rings. The zero-order valence-corrected chi connectivity index (χ0v) is 11.0. The highest BCUT2D eigenvalue weighted by Gasteiger charge is 2.05. The number of unbranched alkanes of at least 4 members (excludes halogenated alkanes) is 2. The number of hydrogen-bond donors (Lipinski definition) is 1. The van der Waals surface area contributed by atoms with E-state index in [1.54, 1.807) is 0 Å². The van der Waals surface area contributed by atoms with E-state index in [0.29, 0.717) is 5.92 Å². The lowest BCUT2D eigenvalue weighted by atomic mass is 9.94. The second-order valence-corrected chi connectivity index (χ2v) is 4.51. The highest BCUT2D eigenvalue weighted by Crippen LogP contribution is 2.19. The van der Waals surface area contributed by atoms with Crippen molar-refractivity contribution >= 4 is 0 Å². The molecule has 94 valence electrons. The molecule has 0 fully saturated rings. The first-order valence-electron chi connectivity index (χ1n) is 6.69. The molecule has 0 aromatic rings. The van der Waals surface area contributed by atoms with Crippen LogP contribution >= 0.6 is 0 Å². The van der Waals surface area contributed by atoms with E-state index >= 15 is 0 Å². The maximum atomic E-state index is 9.30. The second kappa shape index (κ2) is 10.9. The van der Waals surface area contributed by atoms with Crippen LogP contribution in [0.4, 0.5) is 0 Å². The fourth-order valence-electron chi connectivity index (χ4n) is 1.90. The fraction of sp³-hybridized carbons (Fsp3) is 0.733. The van der Waals surface area contributed by atoms with Crippen LogP contribution < -0.4 is 0 Å². The molecule has 0 aliphatic carbocycles. The summed E-state index contributed by atoms with van der Waals surface area (Å²) in [5, 5.41) is 9.30. The number of allylic oxidation sites excluding steroid dienone is 2. The summed E-state index contributed by atoms with van der Waals surface area (Å²) >= 11 is 0. The van der Waals surface area contributed by atoms with Gasteiger partial charge in [-0.2, -0.15) is 0 Å². The van der Waals surface area contributed by atoms with Crippen molar-refractivity contribution in [1.82, 2.24) is 0 Å². The first-order valence-corrected chi connectivity index (χ1v) is 6.69. The van der Waals surface area contributed by atoms with Gasteiger partial charge in [0.1, 0.15) is 0 Å². The Balaban J connectivity index is 4.25. The quantitative estimate of drug-likeness (QED) is 0.542. The van der Waals surface area contributed by atoms with Gasteiger partial charge in [0.15, 0.2) is 0 Å². The molecule has 1 unspecified atom stereocenters. The highest BCUT2D eigenvalue weighted by molar-refractivity contribution is 5.05. The minimum atomic E-state index is 0.222. The Morgan fingerprint density at radius 3 is 2.44 bits per heavy atom. The van der Waals surface area contributed by atoms with Gasteiger partial charge in [0.25, 0.3) is 0 Å². The first-order chi connectivity index (χ1) is 7.78. The van der Waals surface area contributed by atoms with Crippen LogP contribution in [0.15, 0.2) is 24.3 Å². The minimum absolute atomic E-state index is 0.222. The van der Waals surface area contributed by atoms with Crippen molar-refractivity contribution in [3.8, 4) is 0 Å². The summed E-state index contributed by atoms with van der Waals surface area (Å²) in [7, 11) is 0. The van der Waals surface area contributed by atoms with Crippen LogP contribution in [0.2, 0.25) is 0 Å². The molecule has 0 saturated heterocycles. The fourth-order valence-corrected chi connectivity index (χ4v) is 1.90. The Hall–Kier alpha value is -0.560. The molecular weight excluding hydrogens is 196 g/mol. The third kappa shape index (κ3) is 7.70. The molecule has 0 spiro atoms. The molecule has 1 N–H and O–H groups in total. The van der Waals surface area contributed by atoms with Gasteiger partial charge in [-0.3, -0.25) is 0 Å². The van der Waals surface area contributed by atoms with Crippen LogP contribution in [0.1, 0.15) is 58.8 Å². The number of aliphatic hydroxyl groups is 1. The lowest BCUT2D eigenvalue weighted by molar-refractivity contribution is 0.323. The monoisotopic (exact) mass is 224 g/mol. The first kappa shape index (κ1) is 15.4. The van der Waals surface area contributed by atoms with Crippen LogP contribution in [-0.2, 0) is 0 Å². The molecule has 0 radical (unpaired) electrons. The topological polar surface area (TPSA) is 20.2 Å². The third-order valence-electron chi connectivity index (χ3n) is 2.92. The summed E-state index contributed by atoms with van der Waals surface area (Å²) in [5.74, 6) is 0.580. The molecular formula is C15H28O. The van der Waals surface area contributed by atoms with E-state index in [1.165, 1.54) is 37.7 Å². The highest BCUT2D eigenvalue weighted by atomic mass is 16.3. The Morgan fingerprint density at radius 2 is 1.94 bits per heavy atom. The summed E-state index contributed by atoms with van der Waals surface area (Å²) in [4.78, 5) is 0. The molecule has 0 amide bonds. The van der Waals surface area contributed by atoms with Crippen molar-refractivity contribution in [2.75, 3.05) is 6.61 Å². The SMILES string of the molecule is C=CCC(C=C(CO)CCCC)CCCC. The standard InChI is InChI=1S/C15H28O/c1-4-7-10-14(9-6-3)12-15(13-16)11-8-5-2/h6,12,14,16H,3-5,7-11,13H2,1-2H3. The summed E-state index contributed by atoms with van der Waals surface area (Å²) in [6.07, 6.45) is 12.5. The van der Waals surface area contributed by atoms with Crippen molar-refractivity contribution in [3.63, 3.8) is 0 Å². The molecule has 16 heavy (non-hydrogen) atoms. The van der Waals surface area contributed by atoms with Crippen molar-refractivity contribution in [2.45, 2.75) is 58.8 Å². The Morgan fingerprint density at radius 1 is 1.25 bits per heavy atom. The molecule has 0 aromatic heterocycles. The van der Waals surface area contributed by atoms with Crippen LogP contribution in [-0.4, -0.2) is 11.7 Å². The molecule has 0 saturated carbocycles. The van der Waals surface area contributed by atoms with Gasteiger partial charge in [0, 0.05) is 0 Å². The maximum absolute atomic E-state index is 9.30. The molecule has 1 heteroatoms. The largest absolute Gasteiger partial charge is 0.392 e. The third-order valence-corrected chi connectivity index (χ3v) is 2.92. The molecule has 0 aliphatic heterocycles. The van der Waals surface area contributed by atoms with E-state index in [0.717, 1.165) is 12.8 Å². The predicted octanol–water partition coefficient (Wildman–Crippen LogP) is 4.48. The van der Waals surface area contributed by atoms with Gasteiger partial charge in [-0.25, -0.2) is 0 Å². The van der Waals surface area contributed by atoms with E-state index in [4.69, 9.17) is 0 Å². The molecule has 0 bridgehead atoms. The molecule has 0 rings (SSSR count). The van der Waals surface area contributed by atoms with Gasteiger partial charge in [0.2, 0.25) is 0 Å². The van der Waals surface area contributed by atoms with Crippen molar-refractivity contribution in [3.05, 3.63) is 24.3 Å². The van der Waals surface area contributed by atoms with Crippen molar-refractivity contribution < 1.29 is 5.11 Å². The van der Waals surface area contributed by atoms with E-state index in [2.05, 4.69) is 26.5 Å². The zero-order chi connectivity index (χ0) is 12.2. The molecule has 0 aromatic carbocycles. The van der Waals surface area contributed by atoms with Gasteiger partial charge in [-0.15, -0.1) is 6.58 Å². The second-order valence-electron chi connectivity index (χ2n) is 4.51. The molecule has 0 heterocycles. The van der Waals surface area contributed by atoms with Gasteiger partial charge in [-0.1, -0.05) is 45.3 Å². The van der Waals surface area contributed by atoms with E-state index < -0.39 is 0 Å². The lowest BCUT2D eigenvalue weighted by Crippen LogP contribution is -2.00. The summed E-state index contributed by atoms with van der Waals surface area (Å²) < 4.78 is 0. The van der Waals surface area contributed by atoms with Gasteiger partial charge in [0.05, 0.1) is 6.61 Å². The summed E-state index contributed by atoms with van der Waals surface area (Å²) in [6.45, 7) is 8.44. The van der Waals surface area contributed by atoms with Crippen LogP contribution in [0, 0.1) is 5.92 Å². The van der Waals surface area contributed by atoms with Crippen molar-refractivity contribution in [1.29, 1.82) is 0 Å². The Labute approximate surface area is 101 Å². The Kier molecular flexibility index (Phi) is 10.6. The zero-order valence-electron chi connectivity index (χ0n) is 11.0. The molecule has 1 nitrogen and oxygen atoms in total. The molecule has 1 atom stereocenters. The summed E-state index contributed by atoms with van der Waals surface area (Å²) in [5.41, 5.74) is 1.21. The number of hydrogen-bond acceptors (Lipinski definition) is 1. The average Bonchev–Trinajstić information content (AvgIpc) is 2.31. The smallest absolute Gasteiger partial charge is 0.0641 e. The van der Waals surface area contributed by atoms with Gasteiger partial charge >= 0.3 is 0 Å². The maximum Gasteiger partial charge on any atom is 0.0641 e. The van der Waals surface area contributed by atoms with Crippen LogP contribution in [0.5, 0.6) is 0 Å². The lowest BCUT2D eigenvalue weighted by Gasteiger charge is -2.12. The van der Waals surface area contributed by atoms with E-state index in [-0.39, 0.29) is 6.61 Å². The Bertz CT molecular complexity index is 194. The minimum Gasteiger partial charge on any atom is -0.392 e. The predicted molar refractivity (Wildman–Crippen MR) is 72.5 cm³/mol. The van der Waals surface area contributed by atoms with Crippen LogP contribution in [0.25, 0.3) is 0 Å². The van der Waals surface area contributed by atoms with E-state index in [1.807, 2.05) is 6.08 Å². The number of rotatable bonds is 10. The van der Waals surface area contributed by atoms with Crippen LogP contribution in [0.3, 0.4) is 0 Å². The van der Waals surface area contributed by atoms with Crippen molar-refractivity contribution in [2.24, 2.45) is 5.92 Å². The summed E-state index contributed by atoms with van der Waals surface area (Å²) in [6, 6.07) is 0. The average molecular weight is 224 g/mol.